The van der Waals surface area contributed by atoms with Gasteiger partial charge in [0.25, 0.3) is 5.69 Å². The molecule has 3 N–H and O–H groups in total. The molecule has 0 spiro atoms. The van der Waals surface area contributed by atoms with Crippen molar-refractivity contribution in [3.05, 3.63) is 31.9 Å². The number of hydrogen-bond acceptors (Lipinski definition) is 4. The second-order valence-electron chi connectivity index (χ2n) is 4.13. The molecule has 0 aromatic heterocycles. The van der Waals surface area contributed by atoms with E-state index in [9.17, 15) is 10.1 Å². The van der Waals surface area contributed by atoms with Gasteiger partial charge >= 0.3 is 0 Å². The van der Waals surface area contributed by atoms with Gasteiger partial charge in [0.2, 0.25) is 0 Å². The number of benzene rings is 1. The SMILES string of the molecule is CC(C)(CN)Nc1ccc([N+](=O)[O-])cc1I. The second-order valence-corrected chi connectivity index (χ2v) is 5.30. The highest BCUT2D eigenvalue weighted by Gasteiger charge is 2.17. The number of nitrogens with one attached hydrogen (secondary N) is 1. The Balaban J connectivity index is 2.96. The molecule has 0 radical (unpaired) electrons. The summed E-state index contributed by atoms with van der Waals surface area (Å²) in [5.74, 6) is 0. The Kier molecular flexibility index (Phi) is 4.09. The van der Waals surface area contributed by atoms with Crippen molar-refractivity contribution in [3.63, 3.8) is 0 Å². The zero-order valence-corrected chi connectivity index (χ0v) is 11.3. The Hall–Kier alpha value is -0.890. The van der Waals surface area contributed by atoms with Gasteiger partial charge in [-0.25, -0.2) is 0 Å². The molecule has 0 saturated carbocycles. The summed E-state index contributed by atoms with van der Waals surface area (Å²) in [5.41, 5.74) is 6.34. The number of nitro groups is 1. The Morgan fingerprint density at radius 2 is 2.19 bits per heavy atom. The Bertz CT molecular complexity index is 407. The fourth-order valence-corrected chi connectivity index (χ4v) is 1.77. The molecule has 1 aromatic rings. The van der Waals surface area contributed by atoms with Crippen molar-refractivity contribution in [2.45, 2.75) is 19.4 Å². The van der Waals surface area contributed by atoms with Crippen molar-refractivity contribution in [2.75, 3.05) is 11.9 Å². The van der Waals surface area contributed by atoms with Crippen molar-refractivity contribution >= 4 is 34.0 Å². The number of non-ortho nitro benzene ring substituents is 1. The lowest BCUT2D eigenvalue weighted by Gasteiger charge is -2.26. The molecule has 0 unspecified atom stereocenters. The monoisotopic (exact) mass is 335 g/mol. The fraction of sp³-hybridized carbons (Fsp3) is 0.400. The molecule has 0 atom stereocenters. The van der Waals surface area contributed by atoms with E-state index in [0.717, 1.165) is 9.26 Å². The number of nitro benzene ring substituents is 1. The van der Waals surface area contributed by atoms with Gasteiger partial charge in [0, 0.05) is 33.5 Å². The number of nitrogens with zero attached hydrogens (tertiary/aromatic N) is 1. The third-order valence-corrected chi connectivity index (χ3v) is 3.04. The molecule has 5 nitrogen and oxygen atoms in total. The lowest BCUT2D eigenvalue weighted by Crippen LogP contribution is -2.39. The first kappa shape index (κ1) is 13.2. The molecule has 6 heteroatoms. The van der Waals surface area contributed by atoms with E-state index in [-0.39, 0.29) is 11.2 Å². The second kappa shape index (κ2) is 4.96. The van der Waals surface area contributed by atoms with Crippen LogP contribution < -0.4 is 11.1 Å². The number of halogens is 1. The van der Waals surface area contributed by atoms with E-state index >= 15 is 0 Å². The summed E-state index contributed by atoms with van der Waals surface area (Å²) in [6.45, 7) is 4.44. The maximum Gasteiger partial charge on any atom is 0.270 e. The van der Waals surface area contributed by atoms with E-state index < -0.39 is 4.92 Å². The molecule has 0 aliphatic rings. The van der Waals surface area contributed by atoms with E-state index in [1.807, 2.05) is 13.8 Å². The van der Waals surface area contributed by atoms with Crippen molar-refractivity contribution in [3.8, 4) is 0 Å². The molecule has 16 heavy (non-hydrogen) atoms. The van der Waals surface area contributed by atoms with Gasteiger partial charge in [0.15, 0.2) is 0 Å². The predicted octanol–water partition coefficient (Wildman–Crippen LogP) is 2.35. The molecule has 0 saturated heterocycles. The molecule has 0 aliphatic carbocycles. The van der Waals surface area contributed by atoms with Gasteiger partial charge in [0.1, 0.15) is 0 Å². The van der Waals surface area contributed by atoms with Crippen LogP contribution >= 0.6 is 22.6 Å². The molecular formula is C10H14IN3O2. The molecule has 0 fully saturated rings. The highest BCUT2D eigenvalue weighted by Crippen LogP contribution is 2.25. The molecule has 0 bridgehead atoms. The first-order chi connectivity index (χ1) is 7.35. The lowest BCUT2D eigenvalue weighted by atomic mass is 10.1. The summed E-state index contributed by atoms with van der Waals surface area (Å²) in [5, 5.41) is 13.8. The minimum Gasteiger partial charge on any atom is -0.378 e. The predicted molar refractivity (Wildman–Crippen MR) is 72.6 cm³/mol. The molecule has 1 rings (SSSR count). The topological polar surface area (TPSA) is 81.2 Å². The third-order valence-electron chi connectivity index (χ3n) is 2.15. The summed E-state index contributed by atoms with van der Waals surface area (Å²) in [6, 6.07) is 4.73. The first-order valence-corrected chi connectivity index (χ1v) is 5.86. The van der Waals surface area contributed by atoms with Gasteiger partial charge < -0.3 is 11.1 Å². The van der Waals surface area contributed by atoms with Crippen molar-refractivity contribution < 1.29 is 4.92 Å². The van der Waals surface area contributed by atoms with E-state index in [1.54, 1.807) is 6.07 Å². The summed E-state index contributed by atoms with van der Waals surface area (Å²) in [7, 11) is 0. The standard InChI is InChI=1S/C10H14IN3O2/c1-10(2,6-12)13-9-4-3-7(14(15)16)5-8(9)11/h3-5,13H,6,12H2,1-2H3. The molecular weight excluding hydrogens is 321 g/mol. The minimum atomic E-state index is -0.403. The summed E-state index contributed by atoms with van der Waals surface area (Å²) in [4.78, 5) is 10.2. The minimum absolute atomic E-state index is 0.0977. The average molecular weight is 335 g/mol. The van der Waals surface area contributed by atoms with Crippen LogP contribution in [0.3, 0.4) is 0 Å². The lowest BCUT2D eigenvalue weighted by molar-refractivity contribution is -0.384. The van der Waals surface area contributed by atoms with Crippen LogP contribution in [-0.4, -0.2) is 17.0 Å². The van der Waals surface area contributed by atoms with Crippen molar-refractivity contribution in [1.29, 1.82) is 0 Å². The van der Waals surface area contributed by atoms with E-state index in [0.29, 0.717) is 6.54 Å². The molecule has 0 amide bonds. The summed E-state index contributed by atoms with van der Waals surface area (Å²) < 4.78 is 0.813. The number of nitrogens with two attached hydrogens (primary N) is 1. The normalized spacial score (nSPS) is 11.2. The highest BCUT2D eigenvalue weighted by atomic mass is 127. The molecule has 0 heterocycles. The van der Waals surface area contributed by atoms with Crippen LogP contribution in [0.2, 0.25) is 0 Å². The number of rotatable bonds is 4. The Morgan fingerprint density at radius 1 is 1.56 bits per heavy atom. The quantitative estimate of drug-likeness (QED) is 0.503. The van der Waals surface area contributed by atoms with Crippen LogP contribution in [0.4, 0.5) is 11.4 Å². The fourth-order valence-electron chi connectivity index (χ4n) is 1.13. The van der Waals surface area contributed by atoms with Gasteiger partial charge in [0.05, 0.1) is 4.92 Å². The molecule has 88 valence electrons. The van der Waals surface area contributed by atoms with E-state index in [4.69, 9.17) is 5.73 Å². The van der Waals surface area contributed by atoms with Gasteiger partial charge in [-0.1, -0.05) is 0 Å². The van der Waals surface area contributed by atoms with Gasteiger partial charge in [-0.15, -0.1) is 0 Å². The largest absolute Gasteiger partial charge is 0.378 e. The maximum absolute atomic E-state index is 10.6. The van der Waals surface area contributed by atoms with Crippen LogP contribution in [0, 0.1) is 13.7 Å². The zero-order chi connectivity index (χ0) is 12.3. The summed E-state index contributed by atoms with van der Waals surface area (Å²) in [6.07, 6.45) is 0. The highest BCUT2D eigenvalue weighted by molar-refractivity contribution is 14.1. The van der Waals surface area contributed by atoms with E-state index in [2.05, 4.69) is 27.9 Å². The molecule has 0 aliphatic heterocycles. The zero-order valence-electron chi connectivity index (χ0n) is 9.16. The Labute approximate surface area is 108 Å². The third kappa shape index (κ3) is 3.31. The van der Waals surface area contributed by atoms with Crippen LogP contribution in [0.1, 0.15) is 13.8 Å². The van der Waals surface area contributed by atoms with Gasteiger partial charge in [-0.3, -0.25) is 10.1 Å². The first-order valence-electron chi connectivity index (χ1n) is 4.78. The Morgan fingerprint density at radius 3 is 2.62 bits per heavy atom. The van der Waals surface area contributed by atoms with Crippen LogP contribution in [-0.2, 0) is 0 Å². The van der Waals surface area contributed by atoms with Crippen LogP contribution in [0.25, 0.3) is 0 Å². The average Bonchev–Trinajstić information content (AvgIpc) is 2.20. The maximum atomic E-state index is 10.6. The number of hydrogen-bond donors (Lipinski definition) is 2. The molecule has 1 aromatic carbocycles. The number of anilines is 1. The summed E-state index contributed by atoms with van der Waals surface area (Å²) >= 11 is 2.07. The smallest absolute Gasteiger partial charge is 0.270 e. The van der Waals surface area contributed by atoms with Crippen molar-refractivity contribution in [2.24, 2.45) is 5.73 Å². The van der Waals surface area contributed by atoms with Crippen LogP contribution in [0.15, 0.2) is 18.2 Å². The van der Waals surface area contributed by atoms with Crippen LogP contribution in [0.5, 0.6) is 0 Å². The van der Waals surface area contributed by atoms with Gasteiger partial charge in [-0.2, -0.15) is 0 Å². The van der Waals surface area contributed by atoms with Gasteiger partial charge in [-0.05, 0) is 42.5 Å². The van der Waals surface area contributed by atoms with E-state index in [1.165, 1.54) is 12.1 Å². The van der Waals surface area contributed by atoms with Crippen molar-refractivity contribution in [1.82, 2.24) is 0 Å².